The molecule has 1 aromatic carbocycles. The third kappa shape index (κ3) is 1.34. The Hall–Kier alpha value is -1.22. The average Bonchev–Trinajstić information content (AvgIpc) is 2.73. The van der Waals surface area contributed by atoms with Gasteiger partial charge in [0.15, 0.2) is 11.5 Å². The zero-order chi connectivity index (χ0) is 9.60. The molecule has 0 spiro atoms. The van der Waals surface area contributed by atoms with Crippen LogP contribution in [0.4, 0.5) is 0 Å². The summed E-state index contributed by atoms with van der Waals surface area (Å²) in [6.07, 6.45) is 3.23. The fourth-order valence-electron chi connectivity index (χ4n) is 1.79. The van der Waals surface area contributed by atoms with Gasteiger partial charge in [0.2, 0.25) is 6.79 Å². The highest BCUT2D eigenvalue weighted by molar-refractivity contribution is 5.45. The SMILES string of the molecule is NC1(Cc2ccc3c(c2)OCO3)CC1. The van der Waals surface area contributed by atoms with Gasteiger partial charge in [0.05, 0.1) is 0 Å². The van der Waals surface area contributed by atoms with Crippen molar-refractivity contribution in [3.8, 4) is 11.5 Å². The number of ether oxygens (including phenoxy) is 2. The lowest BCUT2D eigenvalue weighted by Crippen LogP contribution is -2.24. The molecule has 0 atom stereocenters. The number of hydrogen-bond acceptors (Lipinski definition) is 3. The smallest absolute Gasteiger partial charge is 0.231 e. The minimum absolute atomic E-state index is 0.0632. The Morgan fingerprint density at radius 1 is 1.21 bits per heavy atom. The van der Waals surface area contributed by atoms with Crippen molar-refractivity contribution < 1.29 is 9.47 Å². The van der Waals surface area contributed by atoms with Gasteiger partial charge in [0, 0.05) is 5.54 Å². The van der Waals surface area contributed by atoms with Crippen molar-refractivity contribution in [1.82, 2.24) is 0 Å². The van der Waals surface area contributed by atoms with Crippen molar-refractivity contribution in [1.29, 1.82) is 0 Å². The molecule has 1 aliphatic heterocycles. The Labute approximate surface area is 82.8 Å². The summed E-state index contributed by atoms with van der Waals surface area (Å²) in [7, 11) is 0. The van der Waals surface area contributed by atoms with Gasteiger partial charge in [-0.2, -0.15) is 0 Å². The van der Waals surface area contributed by atoms with Crippen molar-refractivity contribution in [2.45, 2.75) is 24.8 Å². The normalized spacial score (nSPS) is 20.9. The molecule has 1 heterocycles. The fourth-order valence-corrected chi connectivity index (χ4v) is 1.79. The second kappa shape index (κ2) is 2.64. The summed E-state index contributed by atoms with van der Waals surface area (Å²) >= 11 is 0. The average molecular weight is 191 g/mol. The van der Waals surface area contributed by atoms with E-state index in [1.54, 1.807) is 0 Å². The van der Waals surface area contributed by atoms with E-state index in [1.165, 1.54) is 5.56 Å². The molecule has 1 aromatic rings. The predicted molar refractivity (Wildman–Crippen MR) is 52.4 cm³/mol. The van der Waals surface area contributed by atoms with Crippen molar-refractivity contribution in [2.24, 2.45) is 5.73 Å². The quantitative estimate of drug-likeness (QED) is 0.769. The maximum absolute atomic E-state index is 6.05. The molecule has 3 heteroatoms. The van der Waals surface area contributed by atoms with Crippen LogP contribution in [0, 0.1) is 0 Å². The van der Waals surface area contributed by atoms with Crippen molar-refractivity contribution in [2.75, 3.05) is 6.79 Å². The molecule has 74 valence electrons. The summed E-state index contributed by atoms with van der Waals surface area (Å²) in [6, 6.07) is 6.07. The molecule has 0 radical (unpaired) electrons. The summed E-state index contributed by atoms with van der Waals surface area (Å²) in [4.78, 5) is 0. The molecule has 3 nitrogen and oxygen atoms in total. The summed E-state index contributed by atoms with van der Waals surface area (Å²) in [5, 5.41) is 0. The van der Waals surface area contributed by atoms with E-state index in [9.17, 15) is 0 Å². The van der Waals surface area contributed by atoms with Crippen LogP contribution < -0.4 is 15.2 Å². The first kappa shape index (κ1) is 8.12. The molecule has 0 saturated heterocycles. The van der Waals surface area contributed by atoms with Crippen molar-refractivity contribution >= 4 is 0 Å². The van der Waals surface area contributed by atoms with Crippen LogP contribution in [0.5, 0.6) is 11.5 Å². The van der Waals surface area contributed by atoms with E-state index >= 15 is 0 Å². The Kier molecular flexibility index (Phi) is 1.53. The second-order valence-corrected chi connectivity index (χ2v) is 4.23. The largest absolute Gasteiger partial charge is 0.454 e. The lowest BCUT2D eigenvalue weighted by atomic mass is 10.0. The van der Waals surface area contributed by atoms with E-state index in [-0.39, 0.29) is 5.54 Å². The van der Waals surface area contributed by atoms with Crippen LogP contribution in [0.15, 0.2) is 18.2 Å². The molecule has 2 N–H and O–H groups in total. The van der Waals surface area contributed by atoms with E-state index in [1.807, 2.05) is 12.1 Å². The zero-order valence-electron chi connectivity index (χ0n) is 7.95. The van der Waals surface area contributed by atoms with Crippen LogP contribution in [0.25, 0.3) is 0 Å². The first-order valence-electron chi connectivity index (χ1n) is 4.93. The minimum atomic E-state index is 0.0632. The Morgan fingerprint density at radius 2 is 2.00 bits per heavy atom. The molecule has 0 bridgehead atoms. The number of hydrogen-bond donors (Lipinski definition) is 1. The van der Waals surface area contributed by atoms with Crippen LogP contribution in [-0.2, 0) is 6.42 Å². The predicted octanol–water partition coefficient (Wildman–Crippen LogP) is 1.45. The number of nitrogens with two attached hydrogens (primary N) is 1. The van der Waals surface area contributed by atoms with Gasteiger partial charge in [-0.15, -0.1) is 0 Å². The number of rotatable bonds is 2. The van der Waals surface area contributed by atoms with Crippen molar-refractivity contribution in [3.05, 3.63) is 23.8 Å². The first-order valence-corrected chi connectivity index (χ1v) is 4.93. The number of fused-ring (bicyclic) bond motifs is 1. The lowest BCUT2D eigenvalue weighted by molar-refractivity contribution is 0.174. The highest BCUT2D eigenvalue weighted by Gasteiger charge is 2.38. The van der Waals surface area contributed by atoms with E-state index in [0.29, 0.717) is 6.79 Å². The standard InChI is InChI=1S/C11H13NO2/c12-11(3-4-11)6-8-1-2-9-10(5-8)14-7-13-9/h1-2,5H,3-4,6-7,12H2. The van der Waals surface area contributed by atoms with Gasteiger partial charge in [0.25, 0.3) is 0 Å². The van der Waals surface area contributed by atoms with E-state index in [0.717, 1.165) is 30.8 Å². The minimum Gasteiger partial charge on any atom is -0.454 e. The monoisotopic (exact) mass is 191 g/mol. The highest BCUT2D eigenvalue weighted by Crippen LogP contribution is 2.38. The molecular formula is C11H13NO2. The summed E-state index contributed by atoms with van der Waals surface area (Å²) in [5.41, 5.74) is 7.36. The Balaban J connectivity index is 1.85. The lowest BCUT2D eigenvalue weighted by Gasteiger charge is -2.08. The molecule has 2 aliphatic rings. The van der Waals surface area contributed by atoms with Gasteiger partial charge in [-0.3, -0.25) is 0 Å². The summed E-state index contributed by atoms with van der Waals surface area (Å²) < 4.78 is 10.6. The van der Waals surface area contributed by atoms with Gasteiger partial charge >= 0.3 is 0 Å². The highest BCUT2D eigenvalue weighted by atomic mass is 16.7. The van der Waals surface area contributed by atoms with Crippen LogP contribution in [0.2, 0.25) is 0 Å². The maximum Gasteiger partial charge on any atom is 0.231 e. The van der Waals surface area contributed by atoms with Gasteiger partial charge in [-0.25, -0.2) is 0 Å². The Morgan fingerprint density at radius 3 is 2.79 bits per heavy atom. The van der Waals surface area contributed by atoms with Gasteiger partial charge in [-0.1, -0.05) is 6.07 Å². The van der Waals surface area contributed by atoms with Crippen LogP contribution in [0.1, 0.15) is 18.4 Å². The van der Waals surface area contributed by atoms with Gasteiger partial charge < -0.3 is 15.2 Å². The molecule has 0 unspecified atom stereocenters. The van der Waals surface area contributed by atoms with Gasteiger partial charge in [-0.05, 0) is 37.0 Å². The summed E-state index contributed by atoms with van der Waals surface area (Å²) in [6.45, 7) is 0.340. The van der Waals surface area contributed by atoms with Crippen molar-refractivity contribution in [3.63, 3.8) is 0 Å². The van der Waals surface area contributed by atoms with Crippen LogP contribution >= 0.6 is 0 Å². The molecule has 3 rings (SSSR count). The zero-order valence-corrected chi connectivity index (χ0v) is 7.95. The van der Waals surface area contributed by atoms with Crippen LogP contribution in [0.3, 0.4) is 0 Å². The van der Waals surface area contributed by atoms with Gasteiger partial charge in [0.1, 0.15) is 0 Å². The van der Waals surface area contributed by atoms with E-state index in [4.69, 9.17) is 15.2 Å². The second-order valence-electron chi connectivity index (χ2n) is 4.23. The first-order chi connectivity index (χ1) is 6.75. The van der Waals surface area contributed by atoms with E-state index < -0.39 is 0 Å². The number of benzene rings is 1. The topological polar surface area (TPSA) is 44.5 Å². The molecule has 0 amide bonds. The maximum atomic E-state index is 6.05. The van der Waals surface area contributed by atoms with Crippen LogP contribution in [-0.4, -0.2) is 12.3 Å². The molecule has 14 heavy (non-hydrogen) atoms. The Bertz CT molecular complexity index is 372. The molecular weight excluding hydrogens is 178 g/mol. The molecule has 1 aliphatic carbocycles. The molecule has 0 aromatic heterocycles. The molecule has 1 fully saturated rings. The molecule has 1 saturated carbocycles. The third-order valence-corrected chi connectivity index (χ3v) is 2.89. The fraction of sp³-hybridized carbons (Fsp3) is 0.455. The van der Waals surface area contributed by atoms with E-state index in [2.05, 4.69) is 6.07 Å². The third-order valence-electron chi connectivity index (χ3n) is 2.89. The summed E-state index contributed by atoms with van der Waals surface area (Å²) in [5.74, 6) is 1.70.